The number of fused-ring (bicyclic) bond motifs is 1. The van der Waals surface area contributed by atoms with Gasteiger partial charge in [0, 0.05) is 6.07 Å². The molecule has 0 aliphatic carbocycles. The molecule has 1 N–H and O–H groups in total. The molecule has 1 aromatic rings. The summed E-state index contributed by atoms with van der Waals surface area (Å²) in [5, 5.41) is 9.05. The first kappa shape index (κ1) is 15.6. The molecule has 1 aliphatic rings. The number of benzene rings is 1. The van der Waals surface area contributed by atoms with Crippen LogP contribution in [-0.2, 0) is 9.59 Å². The van der Waals surface area contributed by atoms with E-state index in [1.807, 2.05) is 13.8 Å². The lowest BCUT2D eigenvalue weighted by Gasteiger charge is -2.35. The van der Waals surface area contributed by atoms with Crippen molar-refractivity contribution in [2.24, 2.45) is 5.92 Å². The van der Waals surface area contributed by atoms with Crippen LogP contribution in [0, 0.1) is 5.92 Å². The van der Waals surface area contributed by atoms with Gasteiger partial charge in [0.05, 0.1) is 17.3 Å². The molecular formula is C14H16BrNO5. The molecule has 21 heavy (non-hydrogen) atoms. The van der Waals surface area contributed by atoms with Gasteiger partial charge >= 0.3 is 5.97 Å². The predicted molar refractivity (Wildman–Crippen MR) is 79.9 cm³/mol. The van der Waals surface area contributed by atoms with Gasteiger partial charge in [-0.3, -0.25) is 14.5 Å². The van der Waals surface area contributed by atoms with Crippen LogP contribution in [0.15, 0.2) is 16.6 Å². The van der Waals surface area contributed by atoms with Crippen LogP contribution in [-0.4, -0.2) is 36.7 Å². The number of amides is 1. The standard InChI is InChI=1S/C14H16BrNO5/c1-7(2)12-14(19)16(6-11(17)18)10-5-8(20-3)4-9(15)13(10)21-12/h4-5,7,12H,6H2,1-3H3,(H,17,18). The van der Waals surface area contributed by atoms with E-state index in [1.54, 1.807) is 12.1 Å². The third-order valence-electron chi connectivity index (χ3n) is 3.18. The van der Waals surface area contributed by atoms with Gasteiger partial charge in [-0.25, -0.2) is 0 Å². The number of carboxylic acid groups (broad SMARTS) is 1. The predicted octanol–water partition coefficient (Wildman–Crippen LogP) is 2.29. The molecule has 1 heterocycles. The van der Waals surface area contributed by atoms with Crippen molar-refractivity contribution in [3.63, 3.8) is 0 Å². The second kappa shape index (κ2) is 5.93. The zero-order valence-corrected chi connectivity index (χ0v) is 13.5. The fraction of sp³-hybridized carbons (Fsp3) is 0.429. The van der Waals surface area contributed by atoms with Gasteiger partial charge in [-0.15, -0.1) is 0 Å². The average Bonchev–Trinajstić information content (AvgIpc) is 2.40. The number of hydrogen-bond donors (Lipinski definition) is 1. The van der Waals surface area contributed by atoms with Crippen LogP contribution in [0.4, 0.5) is 5.69 Å². The topological polar surface area (TPSA) is 76.1 Å². The normalized spacial score (nSPS) is 17.5. The molecule has 1 amide bonds. The van der Waals surface area contributed by atoms with Crippen LogP contribution in [0.5, 0.6) is 11.5 Å². The van der Waals surface area contributed by atoms with E-state index in [4.69, 9.17) is 14.6 Å². The number of carbonyl (C=O) groups is 2. The summed E-state index contributed by atoms with van der Waals surface area (Å²) < 4.78 is 11.5. The van der Waals surface area contributed by atoms with E-state index in [-0.39, 0.29) is 11.8 Å². The van der Waals surface area contributed by atoms with E-state index in [9.17, 15) is 9.59 Å². The molecule has 7 heteroatoms. The fourth-order valence-electron chi connectivity index (χ4n) is 2.16. The molecular weight excluding hydrogens is 342 g/mol. The molecule has 1 aromatic carbocycles. The second-order valence-electron chi connectivity index (χ2n) is 5.06. The van der Waals surface area contributed by atoms with Gasteiger partial charge in [-0.05, 0) is 27.9 Å². The quantitative estimate of drug-likeness (QED) is 0.894. The maximum Gasteiger partial charge on any atom is 0.323 e. The fourth-order valence-corrected chi connectivity index (χ4v) is 2.68. The Balaban J connectivity index is 2.56. The van der Waals surface area contributed by atoms with Gasteiger partial charge in [0.1, 0.15) is 12.3 Å². The molecule has 2 rings (SSSR count). The van der Waals surface area contributed by atoms with Crippen LogP contribution >= 0.6 is 15.9 Å². The van der Waals surface area contributed by atoms with E-state index < -0.39 is 18.6 Å². The zero-order chi connectivity index (χ0) is 15.7. The van der Waals surface area contributed by atoms with Gasteiger partial charge in [0.25, 0.3) is 5.91 Å². The number of hydrogen-bond acceptors (Lipinski definition) is 4. The van der Waals surface area contributed by atoms with E-state index in [1.165, 1.54) is 12.0 Å². The molecule has 0 spiro atoms. The maximum absolute atomic E-state index is 12.5. The van der Waals surface area contributed by atoms with Crippen molar-refractivity contribution < 1.29 is 24.2 Å². The Hall–Kier alpha value is -1.76. The number of aliphatic carboxylic acids is 1. The van der Waals surface area contributed by atoms with Gasteiger partial charge in [-0.2, -0.15) is 0 Å². The maximum atomic E-state index is 12.5. The van der Waals surface area contributed by atoms with E-state index in [0.717, 1.165) is 0 Å². The largest absolute Gasteiger partial charge is 0.497 e. The Labute approximate surface area is 130 Å². The van der Waals surface area contributed by atoms with Crippen molar-refractivity contribution in [1.29, 1.82) is 0 Å². The molecule has 0 radical (unpaired) electrons. The van der Waals surface area contributed by atoms with Crippen molar-refractivity contribution in [3.8, 4) is 11.5 Å². The summed E-state index contributed by atoms with van der Waals surface area (Å²) in [5.41, 5.74) is 0.394. The first-order chi connectivity index (χ1) is 9.85. The minimum atomic E-state index is -1.09. The van der Waals surface area contributed by atoms with Crippen LogP contribution in [0.2, 0.25) is 0 Å². The molecule has 0 saturated heterocycles. The lowest BCUT2D eigenvalue weighted by Crippen LogP contribution is -2.50. The number of rotatable bonds is 4. The molecule has 6 nitrogen and oxygen atoms in total. The van der Waals surface area contributed by atoms with Gasteiger partial charge < -0.3 is 14.6 Å². The van der Waals surface area contributed by atoms with E-state index >= 15 is 0 Å². The highest BCUT2D eigenvalue weighted by Crippen LogP contribution is 2.43. The van der Waals surface area contributed by atoms with Gasteiger partial charge in [0.2, 0.25) is 0 Å². The highest BCUT2D eigenvalue weighted by Gasteiger charge is 2.38. The van der Waals surface area contributed by atoms with Crippen LogP contribution in [0.1, 0.15) is 13.8 Å². The molecule has 0 bridgehead atoms. The highest BCUT2D eigenvalue weighted by molar-refractivity contribution is 9.10. The molecule has 0 aromatic heterocycles. The zero-order valence-electron chi connectivity index (χ0n) is 11.9. The summed E-state index contributed by atoms with van der Waals surface area (Å²) >= 11 is 3.37. The number of nitrogens with zero attached hydrogens (tertiary/aromatic N) is 1. The number of ether oxygens (including phenoxy) is 2. The van der Waals surface area contributed by atoms with E-state index in [0.29, 0.717) is 21.7 Å². The van der Waals surface area contributed by atoms with Crippen molar-refractivity contribution in [3.05, 3.63) is 16.6 Å². The summed E-state index contributed by atoms with van der Waals surface area (Å²) in [6.45, 7) is 3.28. The molecule has 0 fully saturated rings. The number of methoxy groups -OCH3 is 1. The molecule has 1 aliphatic heterocycles. The Kier molecular flexibility index (Phi) is 4.41. The first-order valence-electron chi connectivity index (χ1n) is 6.42. The molecule has 114 valence electrons. The molecule has 1 unspecified atom stereocenters. The third-order valence-corrected chi connectivity index (χ3v) is 3.77. The van der Waals surface area contributed by atoms with Crippen molar-refractivity contribution >= 4 is 33.5 Å². The monoisotopic (exact) mass is 357 g/mol. The van der Waals surface area contributed by atoms with Crippen LogP contribution < -0.4 is 14.4 Å². The van der Waals surface area contributed by atoms with Crippen molar-refractivity contribution in [2.75, 3.05) is 18.6 Å². The third kappa shape index (κ3) is 2.97. The van der Waals surface area contributed by atoms with Crippen LogP contribution in [0.3, 0.4) is 0 Å². The Morgan fingerprint density at radius 3 is 2.71 bits per heavy atom. The van der Waals surface area contributed by atoms with Gasteiger partial charge in [0.15, 0.2) is 11.9 Å². The van der Waals surface area contributed by atoms with Crippen molar-refractivity contribution in [2.45, 2.75) is 20.0 Å². The summed E-state index contributed by atoms with van der Waals surface area (Å²) in [4.78, 5) is 24.7. The number of halogens is 1. The summed E-state index contributed by atoms with van der Waals surface area (Å²) in [5.74, 6) is -0.556. The average molecular weight is 358 g/mol. The second-order valence-corrected chi connectivity index (χ2v) is 5.91. The number of carboxylic acids is 1. The highest BCUT2D eigenvalue weighted by atomic mass is 79.9. The summed E-state index contributed by atoms with van der Waals surface area (Å²) in [7, 11) is 1.50. The molecule has 1 atom stereocenters. The first-order valence-corrected chi connectivity index (χ1v) is 7.21. The smallest absolute Gasteiger partial charge is 0.323 e. The molecule has 0 saturated carbocycles. The van der Waals surface area contributed by atoms with E-state index in [2.05, 4.69) is 15.9 Å². The lowest BCUT2D eigenvalue weighted by atomic mass is 10.0. The summed E-state index contributed by atoms with van der Waals surface area (Å²) in [6, 6.07) is 3.31. The number of anilines is 1. The lowest BCUT2D eigenvalue weighted by molar-refractivity contribution is -0.138. The SMILES string of the molecule is COc1cc(Br)c2c(c1)N(CC(=O)O)C(=O)C(C(C)C)O2. The minimum absolute atomic E-state index is 0.0732. The van der Waals surface area contributed by atoms with Crippen molar-refractivity contribution in [1.82, 2.24) is 0 Å². The summed E-state index contributed by atoms with van der Waals surface area (Å²) in [6.07, 6.45) is -0.707. The Morgan fingerprint density at radius 1 is 1.52 bits per heavy atom. The van der Waals surface area contributed by atoms with Gasteiger partial charge in [-0.1, -0.05) is 13.8 Å². The number of carbonyl (C=O) groups excluding carboxylic acids is 1. The minimum Gasteiger partial charge on any atom is -0.497 e. The Bertz CT molecular complexity index is 587. The van der Waals surface area contributed by atoms with Crippen LogP contribution in [0.25, 0.3) is 0 Å². The Morgan fingerprint density at radius 2 is 2.19 bits per heavy atom.